The fourth-order valence-corrected chi connectivity index (χ4v) is 4.17. The van der Waals surface area contributed by atoms with Crippen molar-refractivity contribution in [1.82, 2.24) is 9.80 Å². The lowest BCUT2D eigenvalue weighted by molar-refractivity contribution is -0.139. The molecule has 0 atom stereocenters. The Bertz CT molecular complexity index is 718. The Morgan fingerprint density at radius 2 is 1.67 bits per heavy atom. The predicted molar refractivity (Wildman–Crippen MR) is 105 cm³/mol. The first-order valence-corrected chi connectivity index (χ1v) is 10.1. The van der Waals surface area contributed by atoms with E-state index in [0.717, 1.165) is 18.4 Å². The number of piperidine rings is 1. The van der Waals surface area contributed by atoms with Crippen LogP contribution < -0.4 is 0 Å². The first-order valence-electron chi connectivity index (χ1n) is 10.1. The SMILES string of the molecule is CN(C)C(=O)C1CCN(C(=O)CCC(=O)c2ccc3c(c2)CCCC3)CC1. The molecule has 0 saturated carbocycles. The van der Waals surface area contributed by atoms with Gasteiger partial charge in [0.25, 0.3) is 0 Å². The number of amides is 2. The fourth-order valence-electron chi connectivity index (χ4n) is 4.17. The standard InChI is InChI=1S/C22H30N2O3/c1-23(2)22(27)17-11-13-24(14-12-17)21(26)10-9-20(25)19-8-7-16-5-3-4-6-18(16)15-19/h7-8,15,17H,3-6,9-14H2,1-2H3. The molecule has 146 valence electrons. The van der Waals surface area contributed by atoms with Crippen LogP contribution >= 0.6 is 0 Å². The van der Waals surface area contributed by atoms with Crippen LogP contribution in [0.25, 0.3) is 0 Å². The van der Waals surface area contributed by atoms with E-state index in [1.54, 1.807) is 23.9 Å². The van der Waals surface area contributed by atoms with Crippen LogP contribution in [0.3, 0.4) is 0 Å². The molecule has 1 heterocycles. The van der Waals surface area contributed by atoms with E-state index in [4.69, 9.17) is 0 Å². The predicted octanol–water partition coefficient (Wildman–Crippen LogP) is 2.86. The van der Waals surface area contributed by atoms with Gasteiger partial charge in [0.05, 0.1) is 0 Å². The Labute approximate surface area is 161 Å². The van der Waals surface area contributed by atoms with Gasteiger partial charge in [0.2, 0.25) is 11.8 Å². The van der Waals surface area contributed by atoms with Gasteiger partial charge in [0.1, 0.15) is 0 Å². The third kappa shape index (κ3) is 4.76. The maximum Gasteiger partial charge on any atom is 0.225 e. The molecule has 0 unspecified atom stereocenters. The number of aryl methyl sites for hydroxylation is 2. The van der Waals surface area contributed by atoms with Gasteiger partial charge in [-0.25, -0.2) is 0 Å². The number of hydrogen-bond acceptors (Lipinski definition) is 3. The Kier molecular flexibility index (Phi) is 6.30. The van der Waals surface area contributed by atoms with Crippen molar-refractivity contribution in [2.75, 3.05) is 27.2 Å². The van der Waals surface area contributed by atoms with Crippen molar-refractivity contribution in [3.63, 3.8) is 0 Å². The second kappa shape index (κ2) is 8.68. The normalized spacial score (nSPS) is 17.3. The molecule has 1 fully saturated rings. The van der Waals surface area contributed by atoms with Crippen LogP contribution in [-0.4, -0.2) is 54.6 Å². The molecule has 2 aliphatic rings. The number of Topliss-reactive ketones (excluding diaryl/α,β-unsaturated/α-hetero) is 1. The minimum absolute atomic E-state index is 0.0150. The highest BCUT2D eigenvalue weighted by Crippen LogP contribution is 2.23. The Balaban J connectivity index is 1.48. The lowest BCUT2D eigenvalue weighted by Crippen LogP contribution is -2.42. The molecule has 1 saturated heterocycles. The highest BCUT2D eigenvalue weighted by atomic mass is 16.2. The van der Waals surface area contributed by atoms with E-state index in [0.29, 0.717) is 25.9 Å². The largest absolute Gasteiger partial charge is 0.349 e. The molecule has 1 aliphatic carbocycles. The third-order valence-electron chi connectivity index (χ3n) is 5.87. The zero-order chi connectivity index (χ0) is 19.4. The smallest absolute Gasteiger partial charge is 0.225 e. The molecule has 2 amide bonds. The van der Waals surface area contributed by atoms with Gasteiger partial charge in [-0.1, -0.05) is 12.1 Å². The average Bonchev–Trinajstić information content (AvgIpc) is 2.70. The zero-order valence-corrected chi connectivity index (χ0v) is 16.5. The maximum atomic E-state index is 12.5. The highest BCUT2D eigenvalue weighted by Gasteiger charge is 2.28. The number of rotatable bonds is 5. The van der Waals surface area contributed by atoms with Crippen molar-refractivity contribution in [3.8, 4) is 0 Å². The fraction of sp³-hybridized carbons (Fsp3) is 0.591. The van der Waals surface area contributed by atoms with E-state index in [2.05, 4.69) is 6.07 Å². The van der Waals surface area contributed by atoms with Crippen LogP contribution in [0, 0.1) is 5.92 Å². The summed E-state index contributed by atoms with van der Waals surface area (Å²) < 4.78 is 0. The van der Waals surface area contributed by atoms with E-state index in [9.17, 15) is 14.4 Å². The Morgan fingerprint density at radius 1 is 1.00 bits per heavy atom. The lowest BCUT2D eigenvalue weighted by atomic mass is 9.89. The molecular weight excluding hydrogens is 340 g/mol. The second-order valence-corrected chi connectivity index (χ2v) is 8.00. The van der Waals surface area contributed by atoms with Crippen molar-refractivity contribution in [2.45, 2.75) is 51.4 Å². The van der Waals surface area contributed by atoms with Crippen LogP contribution in [0.4, 0.5) is 0 Å². The van der Waals surface area contributed by atoms with Crippen LogP contribution in [0.1, 0.15) is 60.0 Å². The molecular formula is C22H30N2O3. The number of carbonyl (C=O) groups excluding carboxylic acids is 3. The average molecular weight is 370 g/mol. The van der Waals surface area contributed by atoms with Crippen LogP contribution in [-0.2, 0) is 22.4 Å². The van der Waals surface area contributed by atoms with Gasteiger partial charge < -0.3 is 9.80 Å². The number of likely N-dealkylation sites (tertiary alicyclic amines) is 1. The van der Waals surface area contributed by atoms with E-state index in [1.165, 1.54) is 24.0 Å². The molecule has 1 aliphatic heterocycles. The number of ketones is 1. The minimum Gasteiger partial charge on any atom is -0.349 e. The molecule has 1 aromatic rings. The zero-order valence-electron chi connectivity index (χ0n) is 16.5. The van der Waals surface area contributed by atoms with Crippen molar-refractivity contribution in [3.05, 3.63) is 34.9 Å². The van der Waals surface area contributed by atoms with E-state index >= 15 is 0 Å². The Hall–Kier alpha value is -2.17. The molecule has 3 rings (SSSR count). The number of carbonyl (C=O) groups is 3. The van der Waals surface area contributed by atoms with Crippen LogP contribution in [0.15, 0.2) is 18.2 Å². The highest BCUT2D eigenvalue weighted by molar-refractivity contribution is 5.98. The Morgan fingerprint density at radius 3 is 2.33 bits per heavy atom. The molecule has 27 heavy (non-hydrogen) atoms. The maximum absolute atomic E-state index is 12.5. The van der Waals surface area contributed by atoms with Crippen molar-refractivity contribution in [1.29, 1.82) is 0 Å². The van der Waals surface area contributed by atoms with E-state index in [-0.39, 0.29) is 36.4 Å². The number of fused-ring (bicyclic) bond motifs is 1. The lowest BCUT2D eigenvalue weighted by Gasteiger charge is -2.32. The molecule has 0 bridgehead atoms. The topological polar surface area (TPSA) is 57.7 Å². The monoisotopic (exact) mass is 370 g/mol. The molecule has 5 nitrogen and oxygen atoms in total. The summed E-state index contributed by atoms with van der Waals surface area (Å²) >= 11 is 0. The molecule has 0 spiro atoms. The summed E-state index contributed by atoms with van der Waals surface area (Å²) in [6, 6.07) is 6.02. The summed E-state index contributed by atoms with van der Waals surface area (Å²) in [7, 11) is 3.54. The molecule has 0 radical (unpaired) electrons. The number of nitrogens with zero attached hydrogens (tertiary/aromatic N) is 2. The van der Waals surface area contributed by atoms with Gasteiger partial charge in [-0.05, 0) is 55.7 Å². The first kappa shape index (κ1) is 19.6. The van der Waals surface area contributed by atoms with Crippen LogP contribution in [0.2, 0.25) is 0 Å². The summed E-state index contributed by atoms with van der Waals surface area (Å²) in [5, 5.41) is 0. The van der Waals surface area contributed by atoms with Gasteiger partial charge in [0.15, 0.2) is 5.78 Å². The quantitative estimate of drug-likeness (QED) is 0.749. The van der Waals surface area contributed by atoms with Gasteiger partial charge in [-0.2, -0.15) is 0 Å². The van der Waals surface area contributed by atoms with E-state index in [1.807, 2.05) is 12.1 Å². The van der Waals surface area contributed by atoms with Crippen molar-refractivity contribution >= 4 is 17.6 Å². The summed E-state index contributed by atoms with van der Waals surface area (Å²) in [6.07, 6.45) is 6.50. The van der Waals surface area contributed by atoms with Gasteiger partial charge >= 0.3 is 0 Å². The minimum atomic E-state index is 0.0150. The molecule has 0 N–H and O–H groups in total. The summed E-state index contributed by atoms with van der Waals surface area (Å²) in [4.78, 5) is 40.4. The summed E-state index contributed by atoms with van der Waals surface area (Å²) in [5.41, 5.74) is 3.40. The summed E-state index contributed by atoms with van der Waals surface area (Å²) in [5.74, 6) is 0.234. The second-order valence-electron chi connectivity index (χ2n) is 8.00. The van der Waals surface area contributed by atoms with Crippen LogP contribution in [0.5, 0.6) is 0 Å². The van der Waals surface area contributed by atoms with Crippen molar-refractivity contribution < 1.29 is 14.4 Å². The molecule has 1 aromatic carbocycles. The first-order chi connectivity index (χ1) is 13.0. The van der Waals surface area contributed by atoms with Gasteiger partial charge in [-0.3, -0.25) is 14.4 Å². The van der Waals surface area contributed by atoms with E-state index < -0.39 is 0 Å². The molecule has 0 aromatic heterocycles. The van der Waals surface area contributed by atoms with Crippen molar-refractivity contribution in [2.24, 2.45) is 5.92 Å². The van der Waals surface area contributed by atoms with Gasteiger partial charge in [0, 0.05) is 51.5 Å². The van der Waals surface area contributed by atoms with Gasteiger partial charge in [-0.15, -0.1) is 0 Å². The third-order valence-corrected chi connectivity index (χ3v) is 5.87. The summed E-state index contributed by atoms with van der Waals surface area (Å²) in [6.45, 7) is 1.21. The number of hydrogen-bond donors (Lipinski definition) is 0. The molecule has 5 heteroatoms. The number of benzene rings is 1.